The predicted molar refractivity (Wildman–Crippen MR) is 108 cm³/mol. The fourth-order valence-corrected chi connectivity index (χ4v) is 4.44. The monoisotopic (exact) mass is 362 g/mol. The van der Waals surface area contributed by atoms with Crippen molar-refractivity contribution in [3.8, 4) is 0 Å². The Balaban J connectivity index is 1.67. The fourth-order valence-electron chi connectivity index (χ4n) is 4.44. The smallest absolute Gasteiger partial charge is 0.270 e. The number of benzene rings is 2. The number of hydrogen-bond donors (Lipinski definition) is 2. The van der Waals surface area contributed by atoms with Crippen LogP contribution < -0.4 is 0 Å². The SMILES string of the molecule is Cc1cc(C)c2[nH]c(C(=O)N3CC[C@](O)(c4ccccc4C)C3)c(C)c2c1. The molecule has 2 heterocycles. The number of carbonyl (C=O) groups is 1. The van der Waals surface area contributed by atoms with E-state index in [2.05, 4.69) is 31.0 Å². The van der Waals surface area contributed by atoms with E-state index in [1.54, 1.807) is 4.90 Å². The summed E-state index contributed by atoms with van der Waals surface area (Å²) in [6.07, 6.45) is 0.557. The van der Waals surface area contributed by atoms with Gasteiger partial charge in [-0.1, -0.05) is 35.9 Å². The fraction of sp³-hybridized carbons (Fsp3) is 0.348. The quantitative estimate of drug-likeness (QED) is 0.720. The summed E-state index contributed by atoms with van der Waals surface area (Å²) in [4.78, 5) is 18.3. The number of aromatic amines is 1. The first-order chi connectivity index (χ1) is 12.8. The lowest BCUT2D eigenvalue weighted by Crippen LogP contribution is -2.35. The minimum atomic E-state index is -0.979. The molecule has 140 valence electrons. The summed E-state index contributed by atoms with van der Waals surface area (Å²) in [6.45, 7) is 9.01. The zero-order valence-corrected chi connectivity index (χ0v) is 16.4. The molecule has 4 heteroatoms. The van der Waals surface area contributed by atoms with Crippen molar-refractivity contribution < 1.29 is 9.90 Å². The molecular formula is C23H26N2O2. The number of β-amino-alcohol motifs (C(OH)–C–C–N with tert-alkyl or cyclic N) is 1. The molecule has 0 saturated carbocycles. The third-order valence-electron chi connectivity index (χ3n) is 5.90. The van der Waals surface area contributed by atoms with Gasteiger partial charge in [-0.15, -0.1) is 0 Å². The highest BCUT2D eigenvalue weighted by Crippen LogP contribution is 2.35. The summed E-state index contributed by atoms with van der Waals surface area (Å²) in [5.41, 5.74) is 5.96. The number of hydrogen-bond acceptors (Lipinski definition) is 2. The van der Waals surface area contributed by atoms with Crippen LogP contribution in [0.3, 0.4) is 0 Å². The molecule has 1 atom stereocenters. The minimum Gasteiger partial charge on any atom is -0.383 e. The van der Waals surface area contributed by atoms with Gasteiger partial charge in [0.2, 0.25) is 0 Å². The lowest BCUT2D eigenvalue weighted by molar-refractivity contribution is 0.0411. The molecule has 1 amide bonds. The van der Waals surface area contributed by atoms with Crippen molar-refractivity contribution in [3.63, 3.8) is 0 Å². The van der Waals surface area contributed by atoms with Crippen molar-refractivity contribution >= 4 is 16.8 Å². The van der Waals surface area contributed by atoms with Crippen LogP contribution in [0.4, 0.5) is 0 Å². The van der Waals surface area contributed by atoms with Crippen LogP contribution in [-0.4, -0.2) is 34.0 Å². The Hall–Kier alpha value is -2.59. The molecule has 2 aromatic carbocycles. The van der Waals surface area contributed by atoms with Gasteiger partial charge in [0.05, 0.1) is 6.54 Å². The summed E-state index contributed by atoms with van der Waals surface area (Å²) in [6, 6.07) is 12.1. The van der Waals surface area contributed by atoms with Crippen LogP contribution in [0.1, 0.15) is 44.7 Å². The Bertz CT molecular complexity index is 1050. The van der Waals surface area contributed by atoms with E-state index in [-0.39, 0.29) is 5.91 Å². The lowest BCUT2D eigenvalue weighted by Gasteiger charge is -2.25. The molecule has 4 nitrogen and oxygen atoms in total. The van der Waals surface area contributed by atoms with Gasteiger partial charge in [-0.05, 0) is 62.4 Å². The maximum Gasteiger partial charge on any atom is 0.270 e. The number of aliphatic hydroxyl groups is 1. The van der Waals surface area contributed by atoms with Gasteiger partial charge in [-0.25, -0.2) is 0 Å². The maximum absolute atomic E-state index is 13.2. The van der Waals surface area contributed by atoms with Crippen LogP contribution >= 0.6 is 0 Å². The average Bonchev–Trinajstić information content (AvgIpc) is 3.17. The highest BCUT2D eigenvalue weighted by atomic mass is 16.3. The molecule has 0 unspecified atom stereocenters. The predicted octanol–water partition coefficient (Wildman–Crippen LogP) is 4.14. The Morgan fingerprint density at radius 2 is 1.85 bits per heavy atom. The van der Waals surface area contributed by atoms with E-state index in [4.69, 9.17) is 0 Å². The second kappa shape index (κ2) is 6.24. The first-order valence-electron chi connectivity index (χ1n) is 9.47. The second-order valence-electron chi connectivity index (χ2n) is 7.95. The van der Waals surface area contributed by atoms with E-state index < -0.39 is 5.60 Å². The van der Waals surface area contributed by atoms with Crippen LogP contribution in [0.25, 0.3) is 10.9 Å². The van der Waals surface area contributed by atoms with Crippen LogP contribution in [0.15, 0.2) is 36.4 Å². The Labute approximate surface area is 159 Å². The first-order valence-corrected chi connectivity index (χ1v) is 9.47. The van der Waals surface area contributed by atoms with Crippen molar-refractivity contribution in [3.05, 3.63) is 69.9 Å². The topological polar surface area (TPSA) is 56.3 Å². The van der Waals surface area contributed by atoms with Crippen molar-refractivity contribution in [2.75, 3.05) is 13.1 Å². The van der Waals surface area contributed by atoms with Crippen molar-refractivity contribution in [2.24, 2.45) is 0 Å². The average molecular weight is 362 g/mol. The molecule has 0 radical (unpaired) electrons. The van der Waals surface area contributed by atoms with Gasteiger partial charge in [-0.3, -0.25) is 4.79 Å². The van der Waals surface area contributed by atoms with E-state index >= 15 is 0 Å². The number of nitrogens with one attached hydrogen (secondary N) is 1. The Morgan fingerprint density at radius 1 is 1.11 bits per heavy atom. The van der Waals surface area contributed by atoms with E-state index in [0.717, 1.165) is 33.2 Å². The standard InChI is InChI=1S/C23H26N2O2/c1-14-11-16(3)20-18(12-14)17(4)21(24-20)22(26)25-10-9-23(27,13-25)19-8-6-5-7-15(19)2/h5-8,11-12,24,27H,9-10,13H2,1-4H3/t23-/m1/s1. The molecule has 4 rings (SSSR count). The van der Waals surface area contributed by atoms with E-state index in [0.29, 0.717) is 25.2 Å². The number of nitrogens with zero attached hydrogens (tertiary/aromatic N) is 1. The third-order valence-corrected chi connectivity index (χ3v) is 5.90. The summed E-state index contributed by atoms with van der Waals surface area (Å²) in [5, 5.41) is 12.3. The molecule has 2 N–H and O–H groups in total. The van der Waals surface area contributed by atoms with Gasteiger partial charge in [0.25, 0.3) is 5.91 Å². The van der Waals surface area contributed by atoms with E-state index in [1.165, 1.54) is 5.56 Å². The van der Waals surface area contributed by atoms with Crippen LogP contribution in [-0.2, 0) is 5.60 Å². The number of carbonyl (C=O) groups excluding carboxylic acids is 1. The molecule has 0 spiro atoms. The molecule has 1 aliphatic heterocycles. The van der Waals surface area contributed by atoms with E-state index in [1.807, 2.05) is 38.1 Å². The highest BCUT2D eigenvalue weighted by Gasteiger charge is 2.41. The van der Waals surface area contributed by atoms with Crippen LogP contribution in [0.2, 0.25) is 0 Å². The molecule has 1 aliphatic rings. The zero-order valence-electron chi connectivity index (χ0n) is 16.4. The number of rotatable bonds is 2. The molecule has 27 heavy (non-hydrogen) atoms. The van der Waals surface area contributed by atoms with E-state index in [9.17, 15) is 9.90 Å². The highest BCUT2D eigenvalue weighted by molar-refractivity contribution is 6.02. The summed E-state index contributed by atoms with van der Waals surface area (Å²) >= 11 is 0. The number of H-pyrrole nitrogens is 1. The molecule has 0 aliphatic carbocycles. The molecule has 1 aromatic heterocycles. The van der Waals surface area contributed by atoms with Crippen molar-refractivity contribution in [2.45, 2.75) is 39.7 Å². The zero-order chi connectivity index (χ0) is 19.3. The van der Waals surface area contributed by atoms with Gasteiger partial charge in [0.1, 0.15) is 11.3 Å². The molecule has 3 aromatic rings. The van der Waals surface area contributed by atoms with Gasteiger partial charge in [0.15, 0.2) is 0 Å². The molecule has 1 fully saturated rings. The largest absolute Gasteiger partial charge is 0.383 e. The Kier molecular flexibility index (Phi) is 4.11. The molecular weight excluding hydrogens is 336 g/mol. The molecule has 0 bridgehead atoms. The summed E-state index contributed by atoms with van der Waals surface area (Å²) in [7, 11) is 0. The normalized spacial score (nSPS) is 19.8. The minimum absolute atomic E-state index is 0.0368. The lowest BCUT2D eigenvalue weighted by atomic mass is 9.89. The number of fused-ring (bicyclic) bond motifs is 1. The summed E-state index contributed by atoms with van der Waals surface area (Å²) < 4.78 is 0. The van der Waals surface area contributed by atoms with Crippen molar-refractivity contribution in [1.29, 1.82) is 0 Å². The number of amides is 1. The number of aryl methyl sites for hydroxylation is 4. The second-order valence-corrected chi connectivity index (χ2v) is 7.95. The van der Waals surface area contributed by atoms with Gasteiger partial charge >= 0.3 is 0 Å². The maximum atomic E-state index is 13.2. The third kappa shape index (κ3) is 2.85. The van der Waals surface area contributed by atoms with Crippen molar-refractivity contribution in [1.82, 2.24) is 9.88 Å². The molecule has 1 saturated heterocycles. The summed E-state index contributed by atoms with van der Waals surface area (Å²) in [5.74, 6) is -0.0368. The van der Waals surface area contributed by atoms with Gasteiger partial charge in [0, 0.05) is 17.4 Å². The first kappa shape index (κ1) is 17.8. The van der Waals surface area contributed by atoms with Crippen LogP contribution in [0.5, 0.6) is 0 Å². The van der Waals surface area contributed by atoms with Crippen LogP contribution in [0, 0.1) is 27.7 Å². The number of likely N-dealkylation sites (tertiary alicyclic amines) is 1. The van der Waals surface area contributed by atoms with Gasteiger partial charge in [-0.2, -0.15) is 0 Å². The Morgan fingerprint density at radius 3 is 2.59 bits per heavy atom. The number of aromatic nitrogens is 1. The van der Waals surface area contributed by atoms with Gasteiger partial charge < -0.3 is 15.0 Å².